The predicted molar refractivity (Wildman–Crippen MR) is 90.8 cm³/mol. The van der Waals surface area contributed by atoms with E-state index in [2.05, 4.69) is 15.2 Å². The van der Waals surface area contributed by atoms with Crippen LogP contribution < -0.4 is 5.32 Å². The van der Waals surface area contributed by atoms with Crippen LogP contribution in [0.2, 0.25) is 0 Å². The molecule has 140 valence electrons. The van der Waals surface area contributed by atoms with Crippen LogP contribution in [0.4, 0.5) is 17.6 Å². The molecule has 1 N–H and O–H groups in total. The summed E-state index contributed by atoms with van der Waals surface area (Å²) in [4.78, 5) is 6.40. The van der Waals surface area contributed by atoms with Gasteiger partial charge in [-0.15, -0.1) is 0 Å². The van der Waals surface area contributed by atoms with Gasteiger partial charge in [-0.1, -0.05) is 12.1 Å². The van der Waals surface area contributed by atoms with Crippen LogP contribution in [0.1, 0.15) is 29.2 Å². The van der Waals surface area contributed by atoms with Crippen molar-refractivity contribution in [2.75, 3.05) is 20.1 Å². The minimum absolute atomic E-state index is 0.0507. The average molecular weight is 367 g/mol. The van der Waals surface area contributed by atoms with Crippen LogP contribution >= 0.6 is 0 Å². The molecule has 3 nitrogen and oxygen atoms in total. The van der Waals surface area contributed by atoms with E-state index in [0.717, 1.165) is 24.6 Å². The number of pyridine rings is 1. The summed E-state index contributed by atoms with van der Waals surface area (Å²) in [6.45, 7) is 1.56. The van der Waals surface area contributed by atoms with Crippen molar-refractivity contribution in [2.24, 2.45) is 5.92 Å². The molecule has 1 aliphatic rings. The Bertz CT molecular complexity index is 733. The number of aromatic nitrogens is 1. The number of alkyl halides is 3. The molecule has 1 aromatic carbocycles. The number of benzene rings is 1. The van der Waals surface area contributed by atoms with Crippen LogP contribution in [0, 0.1) is 11.7 Å². The number of nitrogens with one attached hydrogen (secondary N) is 1. The average Bonchev–Trinajstić information content (AvgIpc) is 2.97. The van der Waals surface area contributed by atoms with E-state index in [1.807, 2.05) is 25.4 Å². The topological polar surface area (TPSA) is 28.2 Å². The Balaban J connectivity index is 1.67. The summed E-state index contributed by atoms with van der Waals surface area (Å²) < 4.78 is 52.4. The maximum Gasteiger partial charge on any atom is 0.416 e. The van der Waals surface area contributed by atoms with E-state index >= 15 is 0 Å². The summed E-state index contributed by atoms with van der Waals surface area (Å²) in [6, 6.07) is 6.91. The molecule has 0 saturated carbocycles. The van der Waals surface area contributed by atoms with Crippen molar-refractivity contribution in [3.05, 3.63) is 65.2 Å². The second-order valence-electron chi connectivity index (χ2n) is 6.69. The lowest BCUT2D eigenvalue weighted by Gasteiger charge is -2.25. The first-order chi connectivity index (χ1) is 12.4. The van der Waals surface area contributed by atoms with Gasteiger partial charge in [-0.3, -0.25) is 9.88 Å². The van der Waals surface area contributed by atoms with Crippen molar-refractivity contribution in [1.29, 1.82) is 0 Å². The van der Waals surface area contributed by atoms with E-state index in [9.17, 15) is 17.6 Å². The minimum atomic E-state index is -4.56. The highest BCUT2D eigenvalue weighted by Gasteiger charge is 2.35. The van der Waals surface area contributed by atoms with E-state index in [0.29, 0.717) is 12.6 Å². The van der Waals surface area contributed by atoms with Gasteiger partial charge in [-0.05, 0) is 55.3 Å². The Morgan fingerprint density at radius 1 is 1.27 bits per heavy atom. The lowest BCUT2D eigenvalue weighted by molar-refractivity contribution is -0.138. The zero-order valence-corrected chi connectivity index (χ0v) is 14.4. The summed E-state index contributed by atoms with van der Waals surface area (Å²) in [7, 11) is 2.04. The summed E-state index contributed by atoms with van der Waals surface area (Å²) in [5, 5.41) is 3.13. The molecular weight excluding hydrogens is 346 g/mol. The van der Waals surface area contributed by atoms with Gasteiger partial charge >= 0.3 is 6.18 Å². The Morgan fingerprint density at radius 3 is 2.77 bits per heavy atom. The third-order valence-corrected chi connectivity index (χ3v) is 4.90. The van der Waals surface area contributed by atoms with Gasteiger partial charge in [0.05, 0.1) is 5.56 Å². The first-order valence-electron chi connectivity index (χ1n) is 8.53. The van der Waals surface area contributed by atoms with Crippen molar-refractivity contribution in [2.45, 2.75) is 25.2 Å². The van der Waals surface area contributed by atoms with Crippen molar-refractivity contribution in [3.8, 4) is 0 Å². The smallest absolute Gasteiger partial charge is 0.312 e. The fourth-order valence-electron chi connectivity index (χ4n) is 3.68. The normalized spacial score (nSPS) is 21.3. The van der Waals surface area contributed by atoms with Gasteiger partial charge in [-0.25, -0.2) is 4.39 Å². The van der Waals surface area contributed by atoms with Crippen LogP contribution in [0.5, 0.6) is 0 Å². The number of hydrogen-bond donors (Lipinski definition) is 1. The molecule has 1 aromatic heterocycles. The second kappa shape index (κ2) is 7.72. The van der Waals surface area contributed by atoms with E-state index in [4.69, 9.17) is 0 Å². The lowest BCUT2D eigenvalue weighted by Crippen LogP contribution is -2.29. The highest BCUT2D eigenvalue weighted by molar-refractivity contribution is 5.30. The zero-order valence-electron chi connectivity index (χ0n) is 14.4. The van der Waals surface area contributed by atoms with Gasteiger partial charge in [0, 0.05) is 31.5 Å². The van der Waals surface area contributed by atoms with Gasteiger partial charge in [0.25, 0.3) is 0 Å². The van der Waals surface area contributed by atoms with Gasteiger partial charge in [0.15, 0.2) is 0 Å². The molecular formula is C19H21F4N3. The minimum Gasteiger partial charge on any atom is -0.312 e. The fourth-order valence-corrected chi connectivity index (χ4v) is 3.68. The predicted octanol–water partition coefficient (Wildman–Crippen LogP) is 4.02. The Kier molecular flexibility index (Phi) is 5.58. The molecule has 2 aromatic rings. The summed E-state index contributed by atoms with van der Waals surface area (Å²) >= 11 is 0. The van der Waals surface area contributed by atoms with Crippen LogP contribution in [-0.2, 0) is 12.7 Å². The van der Waals surface area contributed by atoms with Crippen molar-refractivity contribution in [1.82, 2.24) is 15.2 Å². The summed E-state index contributed by atoms with van der Waals surface area (Å²) in [5.74, 6) is -0.603. The quantitative estimate of drug-likeness (QED) is 0.809. The first kappa shape index (κ1) is 18.8. The largest absolute Gasteiger partial charge is 0.416 e. The first-order valence-corrected chi connectivity index (χ1v) is 8.53. The molecule has 2 atom stereocenters. The van der Waals surface area contributed by atoms with Gasteiger partial charge in [0.2, 0.25) is 0 Å². The van der Waals surface area contributed by atoms with Crippen LogP contribution in [0.25, 0.3) is 0 Å². The highest BCUT2D eigenvalue weighted by atomic mass is 19.4. The molecule has 3 rings (SSSR count). The summed E-state index contributed by atoms with van der Waals surface area (Å²) in [6.07, 6.45) is -0.0519. The molecule has 0 amide bonds. The third-order valence-electron chi connectivity index (χ3n) is 4.90. The fraction of sp³-hybridized carbons (Fsp3) is 0.421. The maximum atomic E-state index is 13.2. The van der Waals surface area contributed by atoms with Gasteiger partial charge in [-0.2, -0.15) is 13.2 Å². The maximum absolute atomic E-state index is 13.2. The van der Waals surface area contributed by atoms with Crippen LogP contribution in [0.15, 0.2) is 42.7 Å². The molecule has 0 radical (unpaired) electrons. The Labute approximate surface area is 150 Å². The highest BCUT2D eigenvalue weighted by Crippen LogP contribution is 2.36. The Morgan fingerprint density at radius 2 is 2.08 bits per heavy atom. The monoisotopic (exact) mass is 367 g/mol. The molecule has 26 heavy (non-hydrogen) atoms. The second-order valence-corrected chi connectivity index (χ2v) is 6.69. The van der Waals surface area contributed by atoms with Crippen molar-refractivity contribution >= 4 is 0 Å². The van der Waals surface area contributed by atoms with Gasteiger partial charge in [0.1, 0.15) is 5.82 Å². The molecule has 1 aliphatic heterocycles. The molecule has 0 unspecified atom stereocenters. The summed E-state index contributed by atoms with van der Waals surface area (Å²) in [5.41, 5.74) is 0.248. The SMILES string of the molecule is CN1CC[C@@H](CNCc2ccc(F)cc2C(F)(F)F)[C@@H]1c1cccnc1. The number of nitrogens with zero attached hydrogens (tertiary/aromatic N) is 2. The Hall–Kier alpha value is -1.99. The molecule has 1 fully saturated rings. The van der Waals surface area contributed by atoms with E-state index in [-0.39, 0.29) is 24.1 Å². The van der Waals surface area contributed by atoms with Crippen LogP contribution in [0.3, 0.4) is 0 Å². The van der Waals surface area contributed by atoms with E-state index < -0.39 is 17.6 Å². The number of hydrogen-bond acceptors (Lipinski definition) is 3. The third kappa shape index (κ3) is 4.22. The molecule has 1 saturated heterocycles. The molecule has 2 heterocycles. The molecule has 0 bridgehead atoms. The van der Waals surface area contributed by atoms with Crippen LogP contribution in [-0.4, -0.2) is 30.0 Å². The number of rotatable bonds is 5. The molecule has 0 aliphatic carbocycles. The van der Waals surface area contributed by atoms with Crippen molar-refractivity contribution < 1.29 is 17.6 Å². The van der Waals surface area contributed by atoms with Crippen molar-refractivity contribution in [3.63, 3.8) is 0 Å². The molecule has 7 heteroatoms. The van der Waals surface area contributed by atoms with E-state index in [1.54, 1.807) is 6.20 Å². The lowest BCUT2D eigenvalue weighted by atomic mass is 9.94. The molecule has 0 spiro atoms. The van der Waals surface area contributed by atoms with E-state index in [1.165, 1.54) is 6.07 Å². The number of halogens is 4. The zero-order chi connectivity index (χ0) is 18.7. The standard InChI is InChI=1S/C19H21F4N3/c1-26-8-6-15(18(26)14-3-2-7-24-11-14)12-25-10-13-4-5-16(20)9-17(13)19(21,22)23/h2-5,7,9,11,15,18,25H,6,8,10,12H2,1H3/t15-,18-/m0/s1. The number of likely N-dealkylation sites (tertiary alicyclic amines) is 1. The van der Waals surface area contributed by atoms with Gasteiger partial charge < -0.3 is 5.32 Å².